The number of hydrogen-bond donors (Lipinski definition) is 0. The first kappa shape index (κ1) is 14.2. The second-order valence-electron chi connectivity index (χ2n) is 4.89. The monoisotopic (exact) mass is 302 g/mol. The van der Waals surface area contributed by atoms with E-state index in [0.29, 0.717) is 34.1 Å². The Morgan fingerprint density at radius 2 is 1.91 bits per heavy atom. The largest absolute Gasteiger partial charge is 0.466 e. The number of furan rings is 1. The van der Waals surface area contributed by atoms with Crippen molar-refractivity contribution < 1.29 is 28.2 Å². The van der Waals surface area contributed by atoms with E-state index in [4.69, 9.17) is 18.6 Å². The number of ether oxygens (including phenoxy) is 3. The van der Waals surface area contributed by atoms with E-state index in [1.165, 1.54) is 0 Å². The summed E-state index contributed by atoms with van der Waals surface area (Å²) in [7, 11) is 0. The second kappa shape index (κ2) is 5.55. The molecule has 1 aliphatic heterocycles. The average molecular weight is 302 g/mol. The maximum Gasteiger partial charge on any atom is 0.342 e. The van der Waals surface area contributed by atoms with Crippen LogP contribution >= 0.6 is 0 Å². The van der Waals surface area contributed by atoms with E-state index in [-0.39, 0.29) is 19.2 Å². The number of carbonyl (C=O) groups is 2. The molecule has 2 aromatic rings. The fourth-order valence-corrected chi connectivity index (χ4v) is 2.20. The third kappa shape index (κ3) is 2.67. The van der Waals surface area contributed by atoms with Crippen LogP contribution in [0.1, 0.15) is 32.2 Å². The van der Waals surface area contributed by atoms with Crippen molar-refractivity contribution in [1.29, 1.82) is 0 Å². The summed E-state index contributed by atoms with van der Waals surface area (Å²) >= 11 is 0. The lowest BCUT2D eigenvalue weighted by Crippen LogP contribution is -2.14. The molecule has 114 valence electrons. The third-order valence-electron chi connectivity index (χ3n) is 3.29. The van der Waals surface area contributed by atoms with Crippen molar-refractivity contribution in [3.05, 3.63) is 46.9 Å². The molecule has 6 nitrogen and oxygen atoms in total. The second-order valence-corrected chi connectivity index (χ2v) is 4.89. The molecule has 1 aromatic heterocycles. The highest BCUT2D eigenvalue weighted by molar-refractivity contribution is 6.00. The molecule has 0 amide bonds. The van der Waals surface area contributed by atoms with Crippen molar-refractivity contribution in [2.24, 2.45) is 0 Å². The summed E-state index contributed by atoms with van der Waals surface area (Å²) in [6.07, 6.45) is 0. The van der Waals surface area contributed by atoms with Crippen LogP contribution in [0.15, 0.2) is 28.7 Å². The minimum atomic E-state index is -0.580. The molecule has 0 atom stereocenters. The topological polar surface area (TPSA) is 75.0 Å². The van der Waals surface area contributed by atoms with Gasteiger partial charge in [0.15, 0.2) is 23.9 Å². The van der Waals surface area contributed by atoms with Gasteiger partial charge in [-0.1, -0.05) is 0 Å². The molecule has 22 heavy (non-hydrogen) atoms. The van der Waals surface area contributed by atoms with Gasteiger partial charge in [0, 0.05) is 5.56 Å². The minimum Gasteiger partial charge on any atom is -0.466 e. The van der Waals surface area contributed by atoms with Gasteiger partial charge in [0.05, 0.1) is 0 Å². The number of Topliss-reactive ketones (excluding diaryl/α,β-unsaturated/α-hetero) is 1. The van der Waals surface area contributed by atoms with Gasteiger partial charge >= 0.3 is 5.97 Å². The van der Waals surface area contributed by atoms with Gasteiger partial charge in [0.1, 0.15) is 17.1 Å². The Kier molecular flexibility index (Phi) is 3.58. The molecule has 1 aliphatic rings. The van der Waals surface area contributed by atoms with E-state index in [1.807, 2.05) is 0 Å². The van der Waals surface area contributed by atoms with Crippen molar-refractivity contribution in [1.82, 2.24) is 0 Å². The van der Waals surface area contributed by atoms with Crippen LogP contribution in [0.2, 0.25) is 0 Å². The van der Waals surface area contributed by atoms with Crippen LogP contribution in [0.3, 0.4) is 0 Å². The Bertz CT molecular complexity index is 743. The molecule has 0 radical (unpaired) electrons. The molecule has 0 saturated heterocycles. The van der Waals surface area contributed by atoms with Gasteiger partial charge < -0.3 is 18.6 Å². The summed E-state index contributed by atoms with van der Waals surface area (Å²) in [5.74, 6) is 1.30. The maximum absolute atomic E-state index is 12.1. The summed E-state index contributed by atoms with van der Waals surface area (Å²) in [5, 5.41) is 0. The van der Waals surface area contributed by atoms with Crippen LogP contribution in [0, 0.1) is 13.8 Å². The normalized spacial score (nSPS) is 12.3. The zero-order chi connectivity index (χ0) is 15.7. The number of fused-ring (bicyclic) bond motifs is 1. The summed E-state index contributed by atoms with van der Waals surface area (Å²) in [6, 6.07) is 6.42. The number of carbonyl (C=O) groups excluding carboxylic acids is 2. The van der Waals surface area contributed by atoms with Gasteiger partial charge in [-0.15, -0.1) is 0 Å². The first-order chi connectivity index (χ1) is 10.5. The van der Waals surface area contributed by atoms with E-state index in [2.05, 4.69) is 0 Å². The first-order valence-electron chi connectivity index (χ1n) is 6.71. The molecule has 0 fully saturated rings. The van der Waals surface area contributed by atoms with Crippen LogP contribution in [0.5, 0.6) is 11.5 Å². The van der Waals surface area contributed by atoms with E-state index in [0.717, 1.165) is 0 Å². The van der Waals surface area contributed by atoms with Gasteiger partial charge in [-0.05, 0) is 38.1 Å². The lowest BCUT2D eigenvalue weighted by Gasteiger charge is -2.04. The third-order valence-corrected chi connectivity index (χ3v) is 3.29. The van der Waals surface area contributed by atoms with Gasteiger partial charge in [0.25, 0.3) is 0 Å². The number of ketones is 1. The zero-order valence-corrected chi connectivity index (χ0v) is 12.2. The molecule has 0 N–H and O–H groups in total. The lowest BCUT2D eigenvalue weighted by atomic mass is 10.1. The highest BCUT2D eigenvalue weighted by Gasteiger charge is 2.19. The summed E-state index contributed by atoms with van der Waals surface area (Å²) < 4.78 is 20.7. The summed E-state index contributed by atoms with van der Waals surface area (Å²) in [6.45, 7) is 3.20. The fraction of sp³-hybridized carbons (Fsp3) is 0.250. The van der Waals surface area contributed by atoms with E-state index >= 15 is 0 Å². The Labute approximate surface area is 126 Å². The van der Waals surface area contributed by atoms with Crippen LogP contribution in [-0.4, -0.2) is 25.2 Å². The van der Waals surface area contributed by atoms with Gasteiger partial charge in [-0.2, -0.15) is 0 Å². The van der Waals surface area contributed by atoms with Gasteiger partial charge in [0.2, 0.25) is 6.79 Å². The Morgan fingerprint density at radius 1 is 1.14 bits per heavy atom. The Balaban J connectivity index is 1.65. The van der Waals surface area contributed by atoms with Crippen molar-refractivity contribution in [2.75, 3.05) is 13.4 Å². The van der Waals surface area contributed by atoms with Crippen molar-refractivity contribution in [2.45, 2.75) is 13.8 Å². The number of benzene rings is 1. The molecular formula is C16H14O6. The standard InChI is InChI=1S/C16H14O6/c1-9-5-12(10(2)22-9)16(18)19-7-13(17)11-3-4-14-15(6-11)21-8-20-14/h3-6H,7-8H2,1-2H3. The van der Waals surface area contributed by atoms with E-state index in [9.17, 15) is 9.59 Å². The molecule has 3 rings (SSSR count). The van der Waals surface area contributed by atoms with E-state index < -0.39 is 5.97 Å². The molecule has 1 aromatic carbocycles. The molecular weight excluding hydrogens is 288 g/mol. The van der Waals surface area contributed by atoms with Gasteiger partial charge in [-0.3, -0.25) is 4.79 Å². The average Bonchev–Trinajstić information content (AvgIpc) is 3.09. The number of aryl methyl sites for hydroxylation is 2. The van der Waals surface area contributed by atoms with Gasteiger partial charge in [-0.25, -0.2) is 4.79 Å². The summed E-state index contributed by atoms with van der Waals surface area (Å²) in [4.78, 5) is 24.0. The Hall–Kier alpha value is -2.76. The molecule has 0 aliphatic carbocycles. The highest BCUT2D eigenvalue weighted by atomic mass is 16.7. The predicted octanol–water partition coefficient (Wildman–Crippen LogP) is 2.66. The number of rotatable bonds is 4. The van der Waals surface area contributed by atoms with Crippen molar-refractivity contribution >= 4 is 11.8 Å². The number of hydrogen-bond acceptors (Lipinski definition) is 6. The SMILES string of the molecule is Cc1cc(C(=O)OCC(=O)c2ccc3c(c2)OCO3)c(C)o1. The zero-order valence-electron chi connectivity index (χ0n) is 12.2. The minimum absolute atomic E-state index is 0.140. The lowest BCUT2D eigenvalue weighted by molar-refractivity contribution is 0.0473. The van der Waals surface area contributed by atoms with Crippen molar-refractivity contribution in [3.63, 3.8) is 0 Å². The van der Waals surface area contributed by atoms with Crippen LogP contribution in [-0.2, 0) is 4.74 Å². The maximum atomic E-state index is 12.1. The highest BCUT2D eigenvalue weighted by Crippen LogP contribution is 2.32. The molecule has 0 spiro atoms. The first-order valence-corrected chi connectivity index (χ1v) is 6.71. The van der Waals surface area contributed by atoms with E-state index in [1.54, 1.807) is 38.1 Å². The Morgan fingerprint density at radius 3 is 2.64 bits per heavy atom. The van der Waals surface area contributed by atoms with Crippen LogP contribution in [0.25, 0.3) is 0 Å². The van der Waals surface area contributed by atoms with Crippen molar-refractivity contribution in [3.8, 4) is 11.5 Å². The summed E-state index contributed by atoms with van der Waals surface area (Å²) in [5.41, 5.74) is 0.730. The van der Waals surface area contributed by atoms with Crippen LogP contribution < -0.4 is 9.47 Å². The smallest absolute Gasteiger partial charge is 0.342 e. The predicted molar refractivity (Wildman–Crippen MR) is 75.4 cm³/mol. The van der Waals surface area contributed by atoms with Crippen LogP contribution in [0.4, 0.5) is 0 Å². The quantitative estimate of drug-likeness (QED) is 0.638. The molecule has 0 bridgehead atoms. The molecule has 0 saturated carbocycles. The molecule has 0 unspecified atom stereocenters. The molecule has 2 heterocycles. The fourth-order valence-electron chi connectivity index (χ4n) is 2.20. The number of esters is 1. The molecule has 6 heteroatoms.